The van der Waals surface area contributed by atoms with E-state index in [9.17, 15) is 18.0 Å². The maximum atomic E-state index is 15.6. The Hall–Kier alpha value is -3.71. The van der Waals surface area contributed by atoms with E-state index >= 15 is 4.39 Å². The number of halogens is 4. The van der Waals surface area contributed by atoms with Crippen LogP contribution >= 0.6 is 0 Å². The Morgan fingerprint density at radius 1 is 1.00 bits per heavy atom. The fourth-order valence-corrected chi connectivity index (χ4v) is 6.25. The number of amides is 1. The van der Waals surface area contributed by atoms with E-state index in [2.05, 4.69) is 25.1 Å². The van der Waals surface area contributed by atoms with Crippen LogP contribution in [0.3, 0.4) is 0 Å². The van der Waals surface area contributed by atoms with Crippen LogP contribution < -0.4 is 4.74 Å². The van der Waals surface area contributed by atoms with Crippen molar-refractivity contribution in [3.8, 4) is 5.75 Å². The van der Waals surface area contributed by atoms with Gasteiger partial charge in [0.2, 0.25) is 0 Å². The van der Waals surface area contributed by atoms with Gasteiger partial charge in [0.1, 0.15) is 17.3 Å². The first-order valence-electron chi connectivity index (χ1n) is 14.0. The zero-order valence-corrected chi connectivity index (χ0v) is 22.3. The number of likely N-dealkylation sites (tertiary alicyclic amines) is 1. The second-order valence-electron chi connectivity index (χ2n) is 11.2. The Bertz CT molecular complexity index is 1390. The van der Waals surface area contributed by atoms with Crippen LogP contribution in [0.5, 0.6) is 5.75 Å². The van der Waals surface area contributed by atoms with Crippen molar-refractivity contribution in [3.63, 3.8) is 0 Å². The molecule has 2 aromatic heterocycles. The maximum Gasteiger partial charge on any atom is 0.416 e. The molecule has 0 bridgehead atoms. The Morgan fingerprint density at radius 3 is 2.44 bits per heavy atom. The molecular formula is C27H31F4N7O3. The van der Waals surface area contributed by atoms with E-state index in [1.165, 1.54) is 17.0 Å². The summed E-state index contributed by atoms with van der Waals surface area (Å²) >= 11 is 0. The van der Waals surface area contributed by atoms with Crippen molar-refractivity contribution in [1.82, 2.24) is 34.7 Å². The normalized spacial score (nSPS) is 24.6. The Labute approximate surface area is 233 Å². The molecule has 1 saturated carbocycles. The highest BCUT2D eigenvalue weighted by atomic mass is 19.4. The second kappa shape index (κ2) is 10.6. The van der Waals surface area contributed by atoms with E-state index in [1.807, 2.05) is 0 Å². The molecule has 6 rings (SSSR count). The summed E-state index contributed by atoms with van der Waals surface area (Å²) < 4.78 is 64.7. The Kier molecular flexibility index (Phi) is 7.10. The minimum atomic E-state index is -4.45. The fraction of sp³-hybridized carbons (Fsp3) is 0.593. The summed E-state index contributed by atoms with van der Waals surface area (Å²) in [5, 5.41) is 26.3. The third kappa shape index (κ3) is 5.47. The molecule has 2 aliphatic heterocycles. The topological polar surface area (TPSA) is 111 Å². The third-order valence-corrected chi connectivity index (χ3v) is 8.62. The lowest BCUT2D eigenvalue weighted by Crippen LogP contribution is -2.42. The number of alkyl halides is 4. The standard InChI is InChI=1S/C27H31F4N7O3/c28-26(10-13-36(14-11-26)25(39)40)22-16-38(35-32-22)19-8-6-17(7-9-19)23-33-34-24-21(5-2-12-37(23)24)41-20-4-1-3-18(15-20)27(29,30)31/h1,3-4,15-17,19,21H,2,5-14H2,(H,39,40). The summed E-state index contributed by atoms with van der Waals surface area (Å²) in [6.07, 6.45) is 0.495. The lowest BCUT2D eigenvalue weighted by Gasteiger charge is -2.33. The molecule has 220 valence electrons. The van der Waals surface area contributed by atoms with Crippen LogP contribution in [-0.4, -0.2) is 58.9 Å². The van der Waals surface area contributed by atoms with E-state index in [0.717, 1.165) is 56.6 Å². The van der Waals surface area contributed by atoms with Crippen LogP contribution in [-0.2, 0) is 18.4 Å². The average Bonchev–Trinajstić information content (AvgIpc) is 3.62. The predicted molar refractivity (Wildman–Crippen MR) is 136 cm³/mol. The molecule has 0 spiro atoms. The molecule has 1 saturated heterocycles. The molecule has 3 aromatic rings. The first kappa shape index (κ1) is 27.5. The average molecular weight is 578 g/mol. The van der Waals surface area contributed by atoms with Gasteiger partial charge in [-0.15, -0.1) is 15.3 Å². The zero-order chi connectivity index (χ0) is 28.8. The SMILES string of the molecule is O=C(O)N1CCC(F)(c2cn(C3CCC(c4nnc5n4CCCC5Oc4cccc(C(F)(F)F)c4)CC3)nn2)CC1. The van der Waals surface area contributed by atoms with E-state index in [0.29, 0.717) is 12.2 Å². The molecular weight excluding hydrogens is 546 g/mol. The number of carbonyl (C=O) groups is 1. The highest BCUT2D eigenvalue weighted by Crippen LogP contribution is 2.41. The summed E-state index contributed by atoms with van der Waals surface area (Å²) in [4.78, 5) is 12.4. The van der Waals surface area contributed by atoms with Crippen LogP contribution in [0.2, 0.25) is 0 Å². The number of aromatic nitrogens is 6. The predicted octanol–water partition coefficient (Wildman–Crippen LogP) is 5.64. The van der Waals surface area contributed by atoms with Crippen LogP contribution in [0.25, 0.3) is 0 Å². The second-order valence-corrected chi connectivity index (χ2v) is 11.2. The molecule has 1 aromatic carbocycles. The number of hydrogen-bond donors (Lipinski definition) is 1. The van der Waals surface area contributed by atoms with E-state index < -0.39 is 29.6 Å². The first-order valence-corrected chi connectivity index (χ1v) is 14.0. The number of carboxylic acid groups (broad SMARTS) is 1. The van der Waals surface area contributed by atoms with Gasteiger partial charge in [0.15, 0.2) is 17.6 Å². The van der Waals surface area contributed by atoms with Gasteiger partial charge in [0, 0.05) is 38.4 Å². The monoisotopic (exact) mass is 577 g/mol. The lowest BCUT2D eigenvalue weighted by molar-refractivity contribution is -0.137. The van der Waals surface area contributed by atoms with Gasteiger partial charge in [-0.25, -0.2) is 13.9 Å². The van der Waals surface area contributed by atoms with Gasteiger partial charge in [-0.05, 0) is 56.7 Å². The molecule has 1 unspecified atom stereocenters. The van der Waals surface area contributed by atoms with Gasteiger partial charge in [0.25, 0.3) is 0 Å². The van der Waals surface area contributed by atoms with Gasteiger partial charge in [-0.2, -0.15) is 13.2 Å². The summed E-state index contributed by atoms with van der Waals surface area (Å²) in [6.45, 7) is 0.973. The third-order valence-electron chi connectivity index (χ3n) is 8.62. The van der Waals surface area contributed by atoms with Crippen LogP contribution in [0.4, 0.5) is 22.4 Å². The number of benzene rings is 1. The van der Waals surface area contributed by atoms with E-state index in [-0.39, 0.29) is 49.3 Å². The highest BCUT2D eigenvalue weighted by Gasteiger charge is 2.41. The van der Waals surface area contributed by atoms with Crippen molar-refractivity contribution in [1.29, 1.82) is 0 Å². The van der Waals surface area contributed by atoms with Crippen molar-refractivity contribution < 1.29 is 32.2 Å². The summed E-state index contributed by atoms with van der Waals surface area (Å²) in [5.74, 6) is 1.81. The molecule has 41 heavy (non-hydrogen) atoms. The molecule has 10 nitrogen and oxygen atoms in total. The van der Waals surface area contributed by atoms with E-state index in [4.69, 9.17) is 9.84 Å². The number of fused-ring (bicyclic) bond motifs is 1. The minimum absolute atomic E-state index is 0.0567. The number of rotatable bonds is 5. The molecule has 0 radical (unpaired) electrons. The van der Waals surface area contributed by atoms with Gasteiger partial charge < -0.3 is 19.3 Å². The largest absolute Gasteiger partial charge is 0.482 e. The minimum Gasteiger partial charge on any atom is -0.482 e. The Morgan fingerprint density at radius 2 is 1.73 bits per heavy atom. The summed E-state index contributed by atoms with van der Waals surface area (Å²) in [6, 6.07) is 4.95. The number of nitrogens with zero attached hydrogens (tertiary/aromatic N) is 7. The lowest BCUT2D eigenvalue weighted by atomic mass is 9.85. The first-order chi connectivity index (χ1) is 19.6. The van der Waals surface area contributed by atoms with Crippen molar-refractivity contribution in [2.24, 2.45) is 0 Å². The van der Waals surface area contributed by atoms with Crippen molar-refractivity contribution in [2.75, 3.05) is 13.1 Å². The van der Waals surface area contributed by atoms with Gasteiger partial charge >= 0.3 is 12.3 Å². The van der Waals surface area contributed by atoms with Crippen molar-refractivity contribution >= 4 is 6.09 Å². The zero-order valence-electron chi connectivity index (χ0n) is 22.3. The molecule has 2 fully saturated rings. The molecule has 4 heterocycles. The quantitative estimate of drug-likeness (QED) is 0.391. The smallest absolute Gasteiger partial charge is 0.416 e. The number of piperidine rings is 1. The van der Waals surface area contributed by atoms with Gasteiger partial charge in [0.05, 0.1) is 17.8 Å². The summed E-state index contributed by atoms with van der Waals surface area (Å²) in [7, 11) is 0. The molecule has 1 aliphatic carbocycles. The van der Waals surface area contributed by atoms with Crippen molar-refractivity contribution in [3.05, 3.63) is 53.4 Å². The molecule has 1 atom stereocenters. The number of hydrogen-bond acceptors (Lipinski definition) is 6. The molecule has 1 N–H and O–H groups in total. The Balaban J connectivity index is 1.09. The summed E-state index contributed by atoms with van der Waals surface area (Å²) in [5.41, 5.74) is -2.19. The van der Waals surface area contributed by atoms with Gasteiger partial charge in [-0.3, -0.25) is 0 Å². The number of ether oxygens (including phenoxy) is 1. The van der Waals surface area contributed by atoms with Crippen LogP contribution in [0.1, 0.15) is 92.3 Å². The highest BCUT2D eigenvalue weighted by molar-refractivity contribution is 5.65. The molecule has 3 aliphatic rings. The van der Waals surface area contributed by atoms with Crippen LogP contribution in [0.15, 0.2) is 30.5 Å². The van der Waals surface area contributed by atoms with E-state index in [1.54, 1.807) is 10.9 Å². The van der Waals surface area contributed by atoms with Gasteiger partial charge in [-0.1, -0.05) is 11.3 Å². The molecule has 14 heteroatoms. The fourth-order valence-electron chi connectivity index (χ4n) is 6.25. The van der Waals surface area contributed by atoms with Crippen LogP contribution in [0, 0.1) is 0 Å². The maximum absolute atomic E-state index is 15.6. The molecule has 1 amide bonds. The van der Waals surface area contributed by atoms with Crippen molar-refractivity contribution in [2.45, 2.75) is 87.8 Å².